The topological polar surface area (TPSA) is 62.7 Å². The molecule has 2 aliphatic heterocycles. The van der Waals surface area contributed by atoms with Gasteiger partial charge in [0.1, 0.15) is 0 Å². The van der Waals surface area contributed by atoms with E-state index in [2.05, 4.69) is 11.8 Å². The van der Waals surface area contributed by atoms with Crippen molar-refractivity contribution in [2.75, 3.05) is 26.7 Å². The van der Waals surface area contributed by atoms with Crippen LogP contribution < -0.4 is 0 Å². The third-order valence-corrected chi connectivity index (χ3v) is 6.19. The molecular weight excluding hydrogens is 366 g/mol. The Hall–Kier alpha value is -2.47. The summed E-state index contributed by atoms with van der Waals surface area (Å²) in [5, 5.41) is 0.795. The third-order valence-electron chi connectivity index (χ3n) is 6.19. The first-order chi connectivity index (χ1) is 14.1. The highest BCUT2D eigenvalue weighted by atomic mass is 16.5. The minimum absolute atomic E-state index is 0.0887. The summed E-state index contributed by atoms with van der Waals surface area (Å²) < 4.78 is 5.57. The first kappa shape index (κ1) is 19.8. The number of aromatic nitrogens is 1. The molecule has 3 heterocycles. The first-order valence-corrected chi connectivity index (χ1v) is 10.6. The summed E-state index contributed by atoms with van der Waals surface area (Å²) in [6.45, 7) is 4.24. The summed E-state index contributed by atoms with van der Waals surface area (Å²) in [5.41, 5.74) is 3.26. The number of para-hydroxylation sites is 1. The number of hydrogen-bond acceptors (Lipinski definition) is 5. The number of rotatable bonds is 4. The average Bonchev–Trinajstić information content (AvgIpc) is 2.75. The molecule has 1 atom stereocenters. The van der Waals surface area contributed by atoms with Crippen LogP contribution in [0.1, 0.15) is 54.2 Å². The summed E-state index contributed by atoms with van der Waals surface area (Å²) in [7, 11) is 2.04. The fraction of sp³-hybridized carbons (Fsp3) is 0.522. The first-order valence-electron chi connectivity index (χ1n) is 10.6. The predicted molar refractivity (Wildman–Crippen MR) is 112 cm³/mol. The number of nitrogens with zero attached hydrogens (tertiary/aromatic N) is 3. The number of esters is 1. The largest absolute Gasteiger partial charge is 0.452 e. The molecule has 29 heavy (non-hydrogen) atoms. The van der Waals surface area contributed by atoms with Gasteiger partial charge in [0, 0.05) is 48.7 Å². The molecule has 2 aliphatic rings. The number of hydrogen-bond donors (Lipinski definition) is 0. The fourth-order valence-electron chi connectivity index (χ4n) is 4.59. The molecule has 1 aromatic carbocycles. The molecule has 4 rings (SSSR count). The molecule has 1 fully saturated rings. The molecule has 154 valence electrons. The molecule has 0 bridgehead atoms. The Balaban J connectivity index is 1.58. The molecule has 2 aromatic rings. The maximum Gasteiger partial charge on any atom is 0.339 e. The zero-order valence-corrected chi connectivity index (χ0v) is 17.3. The molecule has 0 radical (unpaired) electrons. The zero-order valence-electron chi connectivity index (χ0n) is 17.3. The van der Waals surface area contributed by atoms with Crippen molar-refractivity contribution >= 4 is 22.8 Å². The third kappa shape index (κ3) is 3.99. The molecular formula is C23H29N3O3. The van der Waals surface area contributed by atoms with Crippen molar-refractivity contribution < 1.29 is 14.3 Å². The lowest BCUT2D eigenvalue weighted by Crippen LogP contribution is -2.45. The van der Waals surface area contributed by atoms with E-state index in [0.29, 0.717) is 12.1 Å². The molecule has 0 saturated carbocycles. The van der Waals surface area contributed by atoms with E-state index in [9.17, 15) is 9.59 Å². The van der Waals surface area contributed by atoms with Gasteiger partial charge in [0.25, 0.3) is 5.91 Å². The van der Waals surface area contributed by atoms with Crippen LogP contribution in [-0.2, 0) is 22.5 Å². The quantitative estimate of drug-likeness (QED) is 0.744. The standard InChI is InChI=1S/C23H29N3O3/c1-3-16-8-6-7-12-26(16)21(27)15-29-23(28)22-17-9-4-5-10-19(17)24-20-11-13-25(2)14-18(20)22/h4-5,9-10,16H,3,6-8,11-15H2,1-2H3. The van der Waals surface area contributed by atoms with Gasteiger partial charge in [0.15, 0.2) is 6.61 Å². The van der Waals surface area contributed by atoms with Crippen LogP contribution in [0.15, 0.2) is 24.3 Å². The molecule has 0 spiro atoms. The highest BCUT2D eigenvalue weighted by Crippen LogP contribution is 2.28. The second-order valence-electron chi connectivity index (χ2n) is 8.14. The minimum Gasteiger partial charge on any atom is -0.452 e. The summed E-state index contributed by atoms with van der Waals surface area (Å²) in [6.07, 6.45) is 4.96. The second-order valence-corrected chi connectivity index (χ2v) is 8.14. The van der Waals surface area contributed by atoms with Gasteiger partial charge in [0.05, 0.1) is 11.1 Å². The maximum absolute atomic E-state index is 13.1. The van der Waals surface area contributed by atoms with Crippen LogP contribution in [0, 0.1) is 0 Å². The Morgan fingerprint density at radius 1 is 1.21 bits per heavy atom. The van der Waals surface area contributed by atoms with E-state index in [4.69, 9.17) is 9.72 Å². The van der Waals surface area contributed by atoms with Crippen molar-refractivity contribution in [2.24, 2.45) is 0 Å². The summed E-state index contributed by atoms with van der Waals surface area (Å²) >= 11 is 0. The van der Waals surface area contributed by atoms with Crippen molar-refractivity contribution in [3.05, 3.63) is 41.1 Å². The summed E-state index contributed by atoms with van der Waals surface area (Å²) in [6, 6.07) is 7.93. The minimum atomic E-state index is -0.423. The van der Waals surface area contributed by atoms with Crippen LogP contribution in [0.25, 0.3) is 10.9 Å². The highest BCUT2D eigenvalue weighted by molar-refractivity contribution is 6.05. The van der Waals surface area contributed by atoms with Gasteiger partial charge in [-0.25, -0.2) is 4.79 Å². The van der Waals surface area contributed by atoms with Gasteiger partial charge >= 0.3 is 5.97 Å². The van der Waals surface area contributed by atoms with Crippen LogP contribution in [0.2, 0.25) is 0 Å². The van der Waals surface area contributed by atoms with Gasteiger partial charge in [0.2, 0.25) is 0 Å². The van der Waals surface area contributed by atoms with Crippen molar-refractivity contribution in [2.45, 2.75) is 51.6 Å². The van der Waals surface area contributed by atoms with E-state index in [0.717, 1.165) is 67.4 Å². The molecule has 6 nitrogen and oxygen atoms in total. The summed E-state index contributed by atoms with van der Waals surface area (Å²) in [4.78, 5) is 34.7. The Morgan fingerprint density at radius 2 is 2.03 bits per heavy atom. The number of benzene rings is 1. The predicted octanol–water partition coefficient (Wildman–Crippen LogP) is 3.17. The van der Waals surface area contributed by atoms with Crippen molar-refractivity contribution in [1.82, 2.24) is 14.8 Å². The number of carbonyl (C=O) groups is 2. The molecule has 1 unspecified atom stereocenters. The smallest absolute Gasteiger partial charge is 0.339 e. The van der Waals surface area contributed by atoms with Gasteiger partial charge in [-0.2, -0.15) is 0 Å². The van der Waals surface area contributed by atoms with Crippen molar-refractivity contribution in [1.29, 1.82) is 0 Å². The Labute approximate surface area is 171 Å². The number of piperidine rings is 1. The fourth-order valence-corrected chi connectivity index (χ4v) is 4.59. The molecule has 0 N–H and O–H groups in total. The highest BCUT2D eigenvalue weighted by Gasteiger charge is 2.28. The Bertz CT molecular complexity index is 927. The Morgan fingerprint density at radius 3 is 2.86 bits per heavy atom. The Kier molecular flexibility index (Phi) is 5.81. The molecule has 1 amide bonds. The molecule has 1 aromatic heterocycles. The number of fused-ring (bicyclic) bond motifs is 2. The van der Waals surface area contributed by atoms with Gasteiger partial charge in [-0.05, 0) is 38.8 Å². The van der Waals surface area contributed by atoms with Crippen molar-refractivity contribution in [3.8, 4) is 0 Å². The van der Waals surface area contributed by atoms with E-state index >= 15 is 0 Å². The maximum atomic E-state index is 13.1. The lowest BCUT2D eigenvalue weighted by Gasteiger charge is -2.35. The van der Waals surface area contributed by atoms with Gasteiger partial charge < -0.3 is 14.5 Å². The van der Waals surface area contributed by atoms with E-state index in [-0.39, 0.29) is 18.6 Å². The van der Waals surface area contributed by atoms with Crippen LogP contribution in [0.5, 0.6) is 0 Å². The van der Waals surface area contributed by atoms with E-state index in [1.165, 1.54) is 0 Å². The van der Waals surface area contributed by atoms with Crippen molar-refractivity contribution in [3.63, 3.8) is 0 Å². The normalized spacial score (nSPS) is 19.8. The monoisotopic (exact) mass is 395 g/mol. The number of carbonyl (C=O) groups excluding carboxylic acids is 2. The second kappa shape index (κ2) is 8.49. The van der Waals surface area contributed by atoms with Crippen LogP contribution >= 0.6 is 0 Å². The van der Waals surface area contributed by atoms with Crippen LogP contribution in [0.4, 0.5) is 0 Å². The number of likely N-dealkylation sites (tertiary alicyclic amines) is 1. The van der Waals surface area contributed by atoms with E-state index in [1.807, 2.05) is 36.2 Å². The lowest BCUT2D eigenvalue weighted by atomic mass is 9.96. The van der Waals surface area contributed by atoms with Crippen LogP contribution in [-0.4, -0.2) is 59.4 Å². The number of amides is 1. The van der Waals surface area contributed by atoms with Gasteiger partial charge in [-0.3, -0.25) is 9.78 Å². The van der Waals surface area contributed by atoms with Crippen LogP contribution in [0.3, 0.4) is 0 Å². The number of likely N-dealkylation sites (N-methyl/N-ethyl adjacent to an activating group) is 1. The van der Waals surface area contributed by atoms with Gasteiger partial charge in [-0.15, -0.1) is 0 Å². The number of pyridine rings is 1. The molecule has 1 saturated heterocycles. The van der Waals surface area contributed by atoms with Gasteiger partial charge in [-0.1, -0.05) is 25.1 Å². The zero-order chi connectivity index (χ0) is 20.4. The van der Waals surface area contributed by atoms with E-state index in [1.54, 1.807) is 0 Å². The lowest BCUT2D eigenvalue weighted by molar-refractivity contribution is -0.138. The molecule has 6 heteroatoms. The van der Waals surface area contributed by atoms with E-state index < -0.39 is 5.97 Å². The number of ether oxygens (including phenoxy) is 1. The summed E-state index contributed by atoms with van der Waals surface area (Å²) in [5.74, 6) is -0.511. The average molecular weight is 396 g/mol. The SMILES string of the molecule is CCC1CCCCN1C(=O)COC(=O)c1c2c(nc3ccccc13)CCN(C)C2. The molecule has 0 aliphatic carbocycles.